The number of nitrogens with zero attached hydrogens (tertiary/aromatic N) is 4. The van der Waals surface area contributed by atoms with Crippen LogP contribution in [0.1, 0.15) is 11.3 Å². The van der Waals surface area contributed by atoms with Crippen LogP contribution in [0.2, 0.25) is 10.0 Å². The van der Waals surface area contributed by atoms with E-state index in [0.29, 0.717) is 17.2 Å². The molecule has 2 aromatic carbocycles. The number of rotatable bonds is 5. The topological polar surface area (TPSA) is 123 Å². The highest BCUT2D eigenvalue weighted by atomic mass is 35.5. The average molecular weight is 440 g/mol. The van der Waals surface area contributed by atoms with Crippen LogP contribution < -0.4 is 5.73 Å². The molecule has 0 aliphatic rings. The molecular formula is C17H15Cl2N5O3S. The first-order chi connectivity index (χ1) is 13.2. The van der Waals surface area contributed by atoms with Crippen LogP contribution in [0.3, 0.4) is 0 Å². The first-order valence-corrected chi connectivity index (χ1v) is 10.3. The van der Waals surface area contributed by atoms with Gasteiger partial charge in [0.25, 0.3) is 10.1 Å². The lowest BCUT2D eigenvalue weighted by Crippen LogP contribution is -2.02. The second-order valence-electron chi connectivity index (χ2n) is 5.89. The van der Waals surface area contributed by atoms with Crippen LogP contribution in [0, 0.1) is 6.92 Å². The van der Waals surface area contributed by atoms with Gasteiger partial charge in [-0.05, 0) is 36.8 Å². The SMILES string of the molecule is Cc1nn(-c2ccccc2)c(N)c1N=Nc1cc(Cl)c(CS(=O)(=O)O)cc1Cl. The van der Waals surface area contributed by atoms with Crippen molar-refractivity contribution in [1.29, 1.82) is 0 Å². The minimum Gasteiger partial charge on any atom is -0.382 e. The van der Waals surface area contributed by atoms with Crippen LogP contribution >= 0.6 is 23.2 Å². The molecule has 3 rings (SSSR count). The summed E-state index contributed by atoms with van der Waals surface area (Å²) in [5, 5.41) is 12.8. The van der Waals surface area contributed by atoms with Gasteiger partial charge in [-0.3, -0.25) is 4.55 Å². The number of hydrogen-bond acceptors (Lipinski definition) is 6. The van der Waals surface area contributed by atoms with Crippen molar-refractivity contribution in [2.75, 3.05) is 5.73 Å². The predicted molar refractivity (Wildman–Crippen MR) is 109 cm³/mol. The highest BCUT2D eigenvalue weighted by Crippen LogP contribution is 2.35. The Morgan fingerprint density at radius 1 is 1.14 bits per heavy atom. The second-order valence-corrected chi connectivity index (χ2v) is 8.15. The molecule has 28 heavy (non-hydrogen) atoms. The van der Waals surface area contributed by atoms with Crippen molar-refractivity contribution in [3.05, 3.63) is 63.8 Å². The molecule has 146 valence electrons. The Morgan fingerprint density at radius 2 is 1.82 bits per heavy atom. The summed E-state index contributed by atoms with van der Waals surface area (Å²) in [6.07, 6.45) is 0. The number of anilines is 1. The molecule has 0 amide bonds. The first-order valence-electron chi connectivity index (χ1n) is 7.91. The molecule has 0 unspecified atom stereocenters. The third-order valence-corrected chi connectivity index (χ3v) is 5.11. The van der Waals surface area contributed by atoms with Crippen molar-refractivity contribution in [2.24, 2.45) is 10.2 Å². The van der Waals surface area contributed by atoms with E-state index in [9.17, 15) is 8.42 Å². The van der Waals surface area contributed by atoms with Gasteiger partial charge in [-0.1, -0.05) is 41.4 Å². The number of nitrogen functional groups attached to an aromatic ring is 1. The number of hydrogen-bond donors (Lipinski definition) is 2. The molecule has 8 nitrogen and oxygen atoms in total. The van der Waals surface area contributed by atoms with Crippen molar-refractivity contribution in [3.8, 4) is 5.69 Å². The smallest absolute Gasteiger partial charge is 0.269 e. The Kier molecular flexibility index (Phi) is 5.71. The summed E-state index contributed by atoms with van der Waals surface area (Å²) < 4.78 is 32.6. The van der Waals surface area contributed by atoms with Gasteiger partial charge in [-0.25, -0.2) is 4.68 Å². The Labute approximate surface area is 171 Å². The summed E-state index contributed by atoms with van der Waals surface area (Å²) >= 11 is 12.2. The van der Waals surface area contributed by atoms with Crippen LogP contribution in [0.15, 0.2) is 52.7 Å². The monoisotopic (exact) mass is 439 g/mol. The number of aryl methyl sites for hydroxylation is 1. The molecule has 0 bridgehead atoms. The zero-order valence-electron chi connectivity index (χ0n) is 14.5. The molecule has 3 aromatic rings. The Bertz CT molecular complexity index is 1160. The number of benzene rings is 2. The fourth-order valence-corrected chi connectivity index (χ4v) is 3.65. The van der Waals surface area contributed by atoms with Crippen molar-refractivity contribution >= 4 is 50.5 Å². The molecule has 0 aliphatic carbocycles. The normalized spacial score (nSPS) is 12.0. The number of azo groups is 1. The van der Waals surface area contributed by atoms with Crippen LogP contribution in [0.25, 0.3) is 5.69 Å². The van der Waals surface area contributed by atoms with Gasteiger partial charge in [-0.2, -0.15) is 13.5 Å². The third-order valence-electron chi connectivity index (χ3n) is 3.78. The molecule has 0 aliphatic heterocycles. The van der Waals surface area contributed by atoms with E-state index in [1.165, 1.54) is 12.1 Å². The third kappa shape index (κ3) is 4.50. The molecular weight excluding hydrogens is 425 g/mol. The summed E-state index contributed by atoms with van der Waals surface area (Å²) in [6.45, 7) is 1.74. The van der Waals surface area contributed by atoms with Crippen molar-refractivity contribution < 1.29 is 13.0 Å². The van der Waals surface area contributed by atoms with E-state index < -0.39 is 15.9 Å². The van der Waals surface area contributed by atoms with Gasteiger partial charge in [0.05, 0.1) is 16.4 Å². The summed E-state index contributed by atoms with van der Waals surface area (Å²) in [5.74, 6) is -0.350. The van der Waals surface area contributed by atoms with E-state index in [4.69, 9.17) is 33.5 Å². The Balaban J connectivity index is 1.95. The van der Waals surface area contributed by atoms with Gasteiger partial charge in [0.2, 0.25) is 0 Å². The lowest BCUT2D eigenvalue weighted by atomic mass is 10.2. The number of aromatic nitrogens is 2. The first kappa shape index (κ1) is 20.3. The molecule has 3 N–H and O–H groups in total. The summed E-state index contributed by atoms with van der Waals surface area (Å²) in [6, 6.07) is 12.0. The quantitative estimate of drug-likeness (QED) is 0.433. The van der Waals surface area contributed by atoms with E-state index in [1.807, 2.05) is 30.3 Å². The second kappa shape index (κ2) is 7.88. The minimum absolute atomic E-state index is 0.0839. The zero-order valence-corrected chi connectivity index (χ0v) is 16.9. The van der Waals surface area contributed by atoms with Crippen LogP contribution in [0.5, 0.6) is 0 Å². The molecule has 0 spiro atoms. The molecule has 0 saturated heterocycles. The summed E-state index contributed by atoms with van der Waals surface area (Å²) in [4.78, 5) is 0. The maximum atomic E-state index is 11.0. The largest absolute Gasteiger partial charge is 0.382 e. The van der Waals surface area contributed by atoms with Crippen LogP contribution in [-0.2, 0) is 15.9 Å². The average Bonchev–Trinajstić information content (AvgIpc) is 2.90. The van der Waals surface area contributed by atoms with Crippen molar-refractivity contribution in [1.82, 2.24) is 9.78 Å². The molecule has 1 heterocycles. The summed E-state index contributed by atoms with van der Waals surface area (Å²) in [7, 11) is -4.24. The van der Waals surface area contributed by atoms with Crippen molar-refractivity contribution in [2.45, 2.75) is 12.7 Å². The van der Waals surface area contributed by atoms with Gasteiger partial charge < -0.3 is 5.73 Å². The molecule has 1 aromatic heterocycles. The van der Waals surface area contributed by atoms with E-state index in [1.54, 1.807) is 11.6 Å². The van der Waals surface area contributed by atoms with E-state index in [2.05, 4.69) is 15.3 Å². The molecule has 0 atom stereocenters. The van der Waals surface area contributed by atoms with E-state index in [-0.39, 0.29) is 21.3 Å². The fourth-order valence-electron chi connectivity index (χ4n) is 2.49. The molecule has 11 heteroatoms. The predicted octanol–water partition coefficient (Wildman–Crippen LogP) is 4.87. The Morgan fingerprint density at radius 3 is 2.46 bits per heavy atom. The Hall–Kier alpha value is -2.46. The van der Waals surface area contributed by atoms with E-state index in [0.717, 1.165) is 5.69 Å². The van der Waals surface area contributed by atoms with Crippen LogP contribution in [-0.4, -0.2) is 22.8 Å². The van der Waals surface area contributed by atoms with Gasteiger partial charge >= 0.3 is 0 Å². The highest BCUT2D eigenvalue weighted by Gasteiger charge is 2.15. The molecule has 0 saturated carbocycles. The lowest BCUT2D eigenvalue weighted by Gasteiger charge is -2.05. The standard InChI is InChI=1S/C17H15Cl2N5O3S/c1-10-16(17(20)24(23-10)12-5-3-2-4-6-12)22-21-15-8-13(18)11(7-14(15)19)9-28(25,26)27/h2-8H,9,20H2,1H3,(H,25,26,27). The van der Waals surface area contributed by atoms with Gasteiger partial charge in [0, 0.05) is 5.02 Å². The molecule has 0 radical (unpaired) electrons. The van der Waals surface area contributed by atoms with Crippen LogP contribution in [0.4, 0.5) is 17.2 Å². The minimum atomic E-state index is -4.24. The maximum Gasteiger partial charge on any atom is 0.269 e. The van der Waals surface area contributed by atoms with Gasteiger partial charge in [0.1, 0.15) is 11.4 Å². The number of para-hydroxylation sites is 1. The van der Waals surface area contributed by atoms with E-state index >= 15 is 0 Å². The highest BCUT2D eigenvalue weighted by molar-refractivity contribution is 7.85. The lowest BCUT2D eigenvalue weighted by molar-refractivity contribution is 0.482. The number of nitrogens with two attached hydrogens (primary N) is 1. The van der Waals surface area contributed by atoms with Gasteiger partial charge in [-0.15, -0.1) is 10.2 Å². The number of halogens is 2. The maximum absolute atomic E-state index is 11.0. The molecule has 0 fully saturated rings. The van der Waals surface area contributed by atoms with Gasteiger partial charge in [0.15, 0.2) is 11.5 Å². The summed E-state index contributed by atoms with van der Waals surface area (Å²) in [5.41, 5.74) is 8.24. The fraction of sp³-hybridized carbons (Fsp3) is 0.118. The van der Waals surface area contributed by atoms with Crippen molar-refractivity contribution in [3.63, 3.8) is 0 Å². The zero-order chi connectivity index (χ0) is 20.5.